The lowest BCUT2D eigenvalue weighted by Gasteiger charge is -2.30. The molecule has 0 aromatic heterocycles. The molecule has 0 amide bonds. The molecule has 1 saturated heterocycles. The highest BCUT2D eigenvalue weighted by atomic mass is 32.2. The van der Waals surface area contributed by atoms with Gasteiger partial charge in [0, 0.05) is 39.3 Å². The maximum atomic E-state index is 13.7. The van der Waals surface area contributed by atoms with Crippen LogP contribution in [-0.2, 0) is 30.1 Å². The Labute approximate surface area is 250 Å². The maximum Gasteiger partial charge on any atom is 0.244 e. The second kappa shape index (κ2) is 13.3. The molecule has 1 aliphatic heterocycles. The summed E-state index contributed by atoms with van der Waals surface area (Å²) < 4.78 is 85.6. The fourth-order valence-electron chi connectivity index (χ4n) is 4.62. The molecule has 13 heteroatoms. The van der Waals surface area contributed by atoms with E-state index >= 15 is 0 Å². The highest BCUT2D eigenvalue weighted by Crippen LogP contribution is 2.21. The first-order chi connectivity index (χ1) is 19.8. The van der Waals surface area contributed by atoms with Gasteiger partial charge in [-0.3, -0.25) is 0 Å². The zero-order chi connectivity index (χ0) is 30.5. The number of nitrogens with zero attached hydrogens (tertiary/aromatic N) is 3. The van der Waals surface area contributed by atoms with Crippen molar-refractivity contribution in [3.63, 3.8) is 0 Å². The lowest BCUT2D eigenvalue weighted by atomic mass is 10.2. The molecule has 1 aliphatic rings. The lowest BCUT2D eigenvalue weighted by molar-refractivity contribution is 0.299. The Morgan fingerprint density at radius 1 is 0.476 bits per heavy atom. The highest BCUT2D eigenvalue weighted by molar-refractivity contribution is 7.89. The largest absolute Gasteiger partial charge is 0.302 e. The minimum absolute atomic E-state index is 0.0158. The molecule has 0 spiro atoms. The van der Waals surface area contributed by atoms with Crippen LogP contribution < -0.4 is 5.32 Å². The van der Waals surface area contributed by atoms with E-state index in [-0.39, 0.29) is 67.0 Å². The molecule has 1 fully saturated rings. The van der Waals surface area contributed by atoms with E-state index in [4.69, 9.17) is 0 Å². The van der Waals surface area contributed by atoms with Crippen molar-refractivity contribution >= 4 is 30.1 Å². The summed E-state index contributed by atoms with van der Waals surface area (Å²) in [6.07, 6.45) is 0.223. The van der Waals surface area contributed by atoms with Gasteiger partial charge in [0.25, 0.3) is 0 Å². The van der Waals surface area contributed by atoms with Crippen LogP contribution >= 0.6 is 0 Å². The van der Waals surface area contributed by atoms with E-state index in [1.807, 2.05) is 20.8 Å². The Hall–Kier alpha value is -2.65. The van der Waals surface area contributed by atoms with Gasteiger partial charge in [-0.2, -0.15) is 12.9 Å². The first-order valence-electron chi connectivity index (χ1n) is 13.7. The van der Waals surface area contributed by atoms with E-state index in [2.05, 4.69) is 5.32 Å². The molecule has 1 heterocycles. The van der Waals surface area contributed by atoms with Gasteiger partial charge in [-0.15, -0.1) is 0 Å². The predicted octanol–water partition coefficient (Wildman–Crippen LogP) is 2.94. The topological polar surface area (TPSA) is 124 Å². The van der Waals surface area contributed by atoms with Crippen LogP contribution in [0, 0.1) is 20.8 Å². The third-order valence-electron chi connectivity index (χ3n) is 7.22. The molecule has 1 N–H and O–H groups in total. The van der Waals surface area contributed by atoms with Crippen molar-refractivity contribution in [3.05, 3.63) is 89.5 Å². The van der Waals surface area contributed by atoms with Crippen LogP contribution in [0.2, 0.25) is 0 Å². The molecular formula is C29H38N4O6S3. The second-order valence-electron chi connectivity index (χ2n) is 10.4. The standard InChI is InChI=1S/C29H38N4O6S3/c1-24-5-11-27(12-6-24)40(34,35)31-18-4-19-32(41(36,37)28-13-7-25(2)8-14-28)21-22-33(23-30-17-20-31)42(38,39)29-15-9-26(3)10-16-29/h5-16,30H,4,17-23H2,1-3H3. The van der Waals surface area contributed by atoms with Gasteiger partial charge in [0.2, 0.25) is 30.1 Å². The molecule has 0 radical (unpaired) electrons. The Morgan fingerprint density at radius 3 is 1.21 bits per heavy atom. The minimum Gasteiger partial charge on any atom is -0.302 e. The quantitative estimate of drug-likeness (QED) is 0.442. The Kier molecular flexibility index (Phi) is 10.2. The summed E-state index contributed by atoms with van der Waals surface area (Å²) in [7, 11) is -11.8. The number of benzene rings is 3. The van der Waals surface area contributed by atoms with Crippen LogP contribution in [0.1, 0.15) is 23.1 Å². The van der Waals surface area contributed by atoms with E-state index in [0.29, 0.717) is 0 Å². The van der Waals surface area contributed by atoms with Crippen LogP contribution in [0.15, 0.2) is 87.5 Å². The summed E-state index contributed by atoms with van der Waals surface area (Å²) in [5, 5.41) is 3.07. The molecule has 0 unspecified atom stereocenters. The van der Waals surface area contributed by atoms with E-state index in [0.717, 1.165) is 16.7 Å². The molecule has 0 aliphatic carbocycles. The van der Waals surface area contributed by atoms with Crippen molar-refractivity contribution in [2.45, 2.75) is 41.9 Å². The van der Waals surface area contributed by atoms with Crippen molar-refractivity contribution in [3.8, 4) is 0 Å². The molecule has 0 saturated carbocycles. The third-order valence-corrected chi connectivity index (χ3v) is 12.9. The minimum atomic E-state index is -3.99. The van der Waals surface area contributed by atoms with Crippen molar-refractivity contribution in [1.29, 1.82) is 0 Å². The van der Waals surface area contributed by atoms with Crippen molar-refractivity contribution in [2.24, 2.45) is 0 Å². The van der Waals surface area contributed by atoms with Gasteiger partial charge >= 0.3 is 0 Å². The first kappa shape index (κ1) is 32.3. The summed E-state index contributed by atoms with van der Waals surface area (Å²) in [6.45, 7) is 5.69. The Balaban J connectivity index is 1.67. The fraction of sp³-hybridized carbons (Fsp3) is 0.379. The van der Waals surface area contributed by atoms with Gasteiger partial charge in [0.1, 0.15) is 0 Å². The van der Waals surface area contributed by atoms with Crippen LogP contribution in [0.25, 0.3) is 0 Å². The number of hydrogen-bond acceptors (Lipinski definition) is 7. The normalized spacial score (nSPS) is 17.8. The van der Waals surface area contributed by atoms with Gasteiger partial charge in [-0.05, 0) is 63.6 Å². The molecule has 0 bridgehead atoms. The fourth-order valence-corrected chi connectivity index (χ4v) is 8.93. The molecule has 3 aromatic carbocycles. The molecule has 3 aromatic rings. The molecule has 0 atom stereocenters. The number of aryl methyl sites for hydroxylation is 3. The van der Waals surface area contributed by atoms with Crippen LogP contribution in [0.5, 0.6) is 0 Å². The highest BCUT2D eigenvalue weighted by Gasteiger charge is 2.31. The maximum absolute atomic E-state index is 13.7. The van der Waals surface area contributed by atoms with Gasteiger partial charge in [-0.1, -0.05) is 53.1 Å². The van der Waals surface area contributed by atoms with E-state index in [9.17, 15) is 25.3 Å². The SMILES string of the molecule is Cc1ccc(S(=O)(=O)N2CCCN(S(=O)(=O)c3ccc(C)cc3)CCN(S(=O)(=O)c3ccc(C)cc3)CNCC2)cc1. The van der Waals surface area contributed by atoms with Gasteiger partial charge in [0.15, 0.2) is 0 Å². The molecule has 4 rings (SSSR count). The summed E-state index contributed by atoms with van der Waals surface area (Å²) in [6, 6.07) is 19.5. The lowest BCUT2D eigenvalue weighted by Crippen LogP contribution is -2.48. The summed E-state index contributed by atoms with van der Waals surface area (Å²) in [4.78, 5) is 0.335. The zero-order valence-electron chi connectivity index (χ0n) is 24.1. The van der Waals surface area contributed by atoms with Crippen molar-refractivity contribution < 1.29 is 25.3 Å². The van der Waals surface area contributed by atoms with Crippen molar-refractivity contribution in [2.75, 3.05) is 45.9 Å². The van der Waals surface area contributed by atoms with Crippen LogP contribution in [0.4, 0.5) is 0 Å². The molecule has 10 nitrogen and oxygen atoms in total. The van der Waals surface area contributed by atoms with Gasteiger partial charge < -0.3 is 5.32 Å². The van der Waals surface area contributed by atoms with Crippen LogP contribution in [0.3, 0.4) is 0 Å². The van der Waals surface area contributed by atoms with Crippen molar-refractivity contribution in [1.82, 2.24) is 18.2 Å². The number of rotatable bonds is 6. The van der Waals surface area contributed by atoms with E-state index in [1.54, 1.807) is 48.5 Å². The van der Waals surface area contributed by atoms with Gasteiger partial charge in [0.05, 0.1) is 21.4 Å². The Bertz CT molecular complexity index is 1680. The average molecular weight is 635 g/mol. The third kappa shape index (κ3) is 7.46. The first-order valence-corrected chi connectivity index (χ1v) is 18.0. The zero-order valence-corrected chi connectivity index (χ0v) is 26.6. The molecule has 42 heavy (non-hydrogen) atoms. The molecule has 228 valence electrons. The average Bonchev–Trinajstić information content (AvgIpc) is 2.93. The van der Waals surface area contributed by atoms with Crippen LogP contribution in [-0.4, -0.2) is 84.1 Å². The molecular weight excluding hydrogens is 597 g/mol. The number of nitrogens with one attached hydrogen (secondary N) is 1. The number of sulfonamides is 3. The van der Waals surface area contributed by atoms with E-state index in [1.165, 1.54) is 37.2 Å². The summed E-state index contributed by atoms with van der Waals surface area (Å²) in [5.41, 5.74) is 2.74. The summed E-state index contributed by atoms with van der Waals surface area (Å²) in [5.74, 6) is 0. The predicted molar refractivity (Wildman–Crippen MR) is 162 cm³/mol. The smallest absolute Gasteiger partial charge is 0.244 e. The van der Waals surface area contributed by atoms with Gasteiger partial charge in [-0.25, -0.2) is 25.3 Å². The second-order valence-corrected chi connectivity index (χ2v) is 16.3. The number of hydrogen-bond donors (Lipinski definition) is 1. The Morgan fingerprint density at radius 2 is 0.810 bits per heavy atom. The monoisotopic (exact) mass is 634 g/mol. The van der Waals surface area contributed by atoms with E-state index < -0.39 is 30.1 Å². The summed E-state index contributed by atoms with van der Waals surface area (Å²) >= 11 is 0.